The summed E-state index contributed by atoms with van der Waals surface area (Å²) < 4.78 is 15.0. The molecule has 4 atom stereocenters. The second-order valence-corrected chi connectivity index (χ2v) is 8.06. The quantitative estimate of drug-likeness (QED) is 0.600. The maximum absolute atomic E-state index is 15.0. The molecular formula is C22H25FN6O. The Morgan fingerprint density at radius 2 is 2.07 bits per heavy atom. The maximum Gasteiger partial charge on any atom is 0.147 e. The molecule has 2 bridgehead atoms. The van der Waals surface area contributed by atoms with Crippen LogP contribution in [0.2, 0.25) is 0 Å². The second-order valence-electron chi connectivity index (χ2n) is 8.06. The molecule has 3 N–H and O–H groups in total. The monoisotopic (exact) mass is 408 g/mol. The van der Waals surface area contributed by atoms with E-state index in [1.165, 1.54) is 0 Å². The molecule has 0 spiro atoms. The smallest absolute Gasteiger partial charge is 0.147 e. The highest BCUT2D eigenvalue weighted by atomic mass is 19.1. The molecule has 0 amide bonds. The average molecular weight is 408 g/mol. The van der Waals surface area contributed by atoms with E-state index in [9.17, 15) is 5.11 Å². The van der Waals surface area contributed by atoms with Crippen molar-refractivity contribution in [1.82, 2.24) is 25.5 Å². The molecule has 7 nitrogen and oxygen atoms in total. The molecule has 3 aromatic rings. The summed E-state index contributed by atoms with van der Waals surface area (Å²) >= 11 is 0. The minimum absolute atomic E-state index is 0.0549. The van der Waals surface area contributed by atoms with E-state index in [0.717, 1.165) is 30.4 Å². The van der Waals surface area contributed by atoms with Crippen molar-refractivity contribution in [3.8, 4) is 28.1 Å². The van der Waals surface area contributed by atoms with E-state index in [0.29, 0.717) is 29.7 Å². The predicted octanol–water partition coefficient (Wildman–Crippen LogP) is 3.30. The summed E-state index contributed by atoms with van der Waals surface area (Å²) in [6, 6.07) is 5.57. The number of fused-ring (bicyclic) bond motifs is 2. The third-order valence-electron chi connectivity index (χ3n) is 6.33. The molecule has 1 aromatic carbocycles. The summed E-state index contributed by atoms with van der Waals surface area (Å²) in [5.74, 6) is 0.798. The van der Waals surface area contributed by atoms with Gasteiger partial charge >= 0.3 is 0 Å². The minimum Gasteiger partial charge on any atom is -0.507 e. The van der Waals surface area contributed by atoms with Gasteiger partial charge in [-0.15, -0.1) is 0 Å². The van der Waals surface area contributed by atoms with Crippen molar-refractivity contribution in [2.24, 2.45) is 0 Å². The van der Waals surface area contributed by atoms with Crippen molar-refractivity contribution in [2.45, 2.75) is 50.5 Å². The Balaban J connectivity index is 1.38. The van der Waals surface area contributed by atoms with Gasteiger partial charge in [0.15, 0.2) is 0 Å². The highest BCUT2D eigenvalue weighted by Gasteiger charge is 2.44. The molecule has 0 saturated carbocycles. The average Bonchev–Trinajstić information content (AvgIpc) is 3.44. The fraction of sp³-hybridized carbons (Fsp3) is 0.409. The van der Waals surface area contributed by atoms with Crippen LogP contribution in [0.5, 0.6) is 5.75 Å². The van der Waals surface area contributed by atoms with Crippen LogP contribution in [0.25, 0.3) is 22.4 Å². The first-order chi connectivity index (χ1) is 14.6. The number of alkyl halides is 1. The van der Waals surface area contributed by atoms with Gasteiger partial charge in [-0.25, -0.2) is 9.37 Å². The lowest BCUT2D eigenvalue weighted by Gasteiger charge is -2.40. The van der Waals surface area contributed by atoms with Crippen LogP contribution < -0.4 is 10.2 Å². The van der Waals surface area contributed by atoms with Gasteiger partial charge in [-0.05, 0) is 43.9 Å². The second kappa shape index (κ2) is 7.68. The van der Waals surface area contributed by atoms with Crippen molar-refractivity contribution in [3.05, 3.63) is 43.0 Å². The number of benzene rings is 1. The lowest BCUT2D eigenvalue weighted by atomic mass is 9.96. The molecule has 0 aliphatic carbocycles. The summed E-state index contributed by atoms with van der Waals surface area (Å²) in [5, 5.41) is 20.6. The van der Waals surface area contributed by atoms with Gasteiger partial charge in [0, 0.05) is 36.0 Å². The van der Waals surface area contributed by atoms with E-state index >= 15 is 4.39 Å². The number of H-pyrrole nitrogens is 1. The number of phenolic OH excluding ortho intramolecular Hbond substituents is 1. The Morgan fingerprint density at radius 3 is 2.77 bits per heavy atom. The molecule has 2 aliphatic rings. The zero-order valence-electron chi connectivity index (χ0n) is 16.8. The largest absolute Gasteiger partial charge is 0.507 e. The Bertz CT molecular complexity index is 1010. The highest BCUT2D eigenvalue weighted by Crippen LogP contribution is 2.35. The molecule has 0 unspecified atom stereocenters. The van der Waals surface area contributed by atoms with E-state index in [2.05, 4.69) is 25.5 Å². The number of piperidine rings is 1. The van der Waals surface area contributed by atoms with Crippen LogP contribution in [0.3, 0.4) is 0 Å². The first-order valence-electron chi connectivity index (χ1n) is 10.5. The van der Waals surface area contributed by atoms with Crippen LogP contribution in [-0.4, -0.2) is 56.1 Å². The number of aromatic amines is 1. The number of nitrogens with zero attached hydrogens (tertiary/aromatic N) is 4. The minimum atomic E-state index is -0.912. The summed E-state index contributed by atoms with van der Waals surface area (Å²) in [4.78, 5) is 11.1. The SMILES string of the molecule is CCN(c1cnc(-c2ccc(-c3cn[nH]c3)cc2O)cn1)[C@@H]1C[C@H]2CC[C@H](N2)[C@@H]1F. The van der Waals surface area contributed by atoms with E-state index < -0.39 is 6.17 Å². The van der Waals surface area contributed by atoms with Crippen LogP contribution in [0.1, 0.15) is 26.2 Å². The number of rotatable bonds is 5. The Hall–Kier alpha value is -3.00. The third kappa shape index (κ3) is 3.31. The van der Waals surface area contributed by atoms with Crippen LogP contribution in [0, 0.1) is 0 Å². The van der Waals surface area contributed by atoms with Crippen molar-refractivity contribution in [1.29, 1.82) is 0 Å². The topological polar surface area (TPSA) is 90.0 Å². The molecule has 2 fully saturated rings. The van der Waals surface area contributed by atoms with Gasteiger partial charge in [-0.2, -0.15) is 5.10 Å². The first kappa shape index (κ1) is 19.0. The van der Waals surface area contributed by atoms with Gasteiger partial charge < -0.3 is 15.3 Å². The normalized spacial score (nSPS) is 25.4. The van der Waals surface area contributed by atoms with Crippen molar-refractivity contribution < 1.29 is 9.50 Å². The summed E-state index contributed by atoms with van der Waals surface area (Å²) in [7, 11) is 0. The fourth-order valence-corrected chi connectivity index (χ4v) is 4.79. The van der Waals surface area contributed by atoms with Crippen LogP contribution in [-0.2, 0) is 0 Å². The van der Waals surface area contributed by atoms with Gasteiger partial charge in [0.2, 0.25) is 0 Å². The number of hydrogen-bond donors (Lipinski definition) is 3. The zero-order valence-corrected chi connectivity index (χ0v) is 16.8. The molecule has 156 valence electrons. The Morgan fingerprint density at radius 1 is 1.17 bits per heavy atom. The van der Waals surface area contributed by atoms with Crippen LogP contribution in [0.4, 0.5) is 10.2 Å². The first-order valence-corrected chi connectivity index (χ1v) is 10.5. The van der Waals surface area contributed by atoms with Gasteiger partial charge in [0.1, 0.15) is 17.7 Å². The zero-order chi connectivity index (χ0) is 20.7. The molecule has 0 radical (unpaired) electrons. The number of halogens is 1. The van der Waals surface area contributed by atoms with Gasteiger partial charge in [-0.1, -0.05) is 6.07 Å². The number of nitrogens with one attached hydrogen (secondary N) is 2. The van der Waals surface area contributed by atoms with Gasteiger partial charge in [-0.3, -0.25) is 10.1 Å². The van der Waals surface area contributed by atoms with Crippen LogP contribution in [0.15, 0.2) is 43.0 Å². The molecule has 30 heavy (non-hydrogen) atoms. The third-order valence-corrected chi connectivity index (χ3v) is 6.33. The summed E-state index contributed by atoms with van der Waals surface area (Å²) in [6.07, 6.45) is 8.61. The van der Waals surface area contributed by atoms with E-state index in [-0.39, 0.29) is 17.8 Å². The lowest BCUT2D eigenvalue weighted by Crippen LogP contribution is -2.56. The molecular weight excluding hydrogens is 383 g/mol. The van der Waals surface area contributed by atoms with Gasteiger partial charge in [0.25, 0.3) is 0 Å². The molecule has 4 heterocycles. The molecule has 2 aliphatic heterocycles. The standard InChI is InChI=1S/C22H25FN6O/c1-2-29(19-8-15-4-6-17(28-15)22(19)23)21-12-24-18(11-25-21)16-5-3-13(7-20(16)30)14-9-26-27-10-14/h3,5,7,9-12,15,17,19,22,28,30H,2,4,6,8H2,1H3,(H,26,27)/t15-,17+,19-,22+/m1/s1. The maximum atomic E-state index is 15.0. The summed E-state index contributed by atoms with van der Waals surface area (Å²) in [6.45, 7) is 2.69. The van der Waals surface area contributed by atoms with E-state index in [4.69, 9.17) is 0 Å². The van der Waals surface area contributed by atoms with Crippen LogP contribution >= 0.6 is 0 Å². The number of anilines is 1. The molecule has 8 heteroatoms. The Labute approximate surface area is 174 Å². The van der Waals surface area contributed by atoms with Crippen molar-refractivity contribution in [3.63, 3.8) is 0 Å². The number of aromatic hydroxyl groups is 1. The molecule has 2 saturated heterocycles. The van der Waals surface area contributed by atoms with Gasteiger partial charge in [0.05, 0.1) is 30.3 Å². The molecule has 2 aromatic heterocycles. The Kier molecular flexibility index (Phi) is 4.86. The number of phenols is 1. The number of hydrogen-bond acceptors (Lipinski definition) is 6. The lowest BCUT2D eigenvalue weighted by molar-refractivity contribution is 0.173. The molecule has 5 rings (SSSR count). The van der Waals surface area contributed by atoms with Crippen molar-refractivity contribution >= 4 is 5.82 Å². The predicted molar refractivity (Wildman–Crippen MR) is 113 cm³/mol. The van der Waals surface area contributed by atoms with Crippen molar-refractivity contribution in [2.75, 3.05) is 11.4 Å². The number of aromatic nitrogens is 4. The highest BCUT2D eigenvalue weighted by molar-refractivity contribution is 5.73. The van der Waals surface area contributed by atoms with E-state index in [1.807, 2.05) is 24.0 Å². The fourth-order valence-electron chi connectivity index (χ4n) is 4.79. The van der Waals surface area contributed by atoms with E-state index in [1.54, 1.807) is 30.9 Å². The summed E-state index contributed by atoms with van der Waals surface area (Å²) in [5.41, 5.74) is 2.94.